The Labute approximate surface area is 372 Å². The first kappa shape index (κ1) is 56.7. The van der Waals surface area contributed by atoms with Gasteiger partial charge in [0.15, 0.2) is 23.0 Å². The number of carbonyl (C=O) groups excluding carboxylic acids is 3. The zero-order valence-electron chi connectivity index (χ0n) is 38.7. The van der Waals surface area contributed by atoms with Crippen molar-refractivity contribution in [3.8, 4) is 0 Å². The molecule has 0 amide bonds. The van der Waals surface area contributed by atoms with E-state index in [2.05, 4.69) is 20.8 Å². The van der Waals surface area contributed by atoms with Gasteiger partial charge in [0, 0.05) is 19.3 Å². The summed E-state index contributed by atoms with van der Waals surface area (Å²) in [7, 11) is 0. The number of hydrogen-bond donors (Lipinski definition) is 8. The lowest BCUT2D eigenvalue weighted by Crippen LogP contribution is -2.87. The summed E-state index contributed by atoms with van der Waals surface area (Å²) in [6.07, 6.45) is 12.2. The molecule has 0 aromatic heterocycles. The smallest absolute Gasteiger partial charge is 0.272 e. The third-order valence-electron chi connectivity index (χ3n) is 13.2. The molecule has 364 valence electrons. The van der Waals surface area contributed by atoms with Gasteiger partial charge in [-0.15, -0.1) is 0 Å². The zero-order chi connectivity index (χ0) is 46.1. The molecule has 0 aliphatic carbocycles. The van der Waals surface area contributed by atoms with E-state index in [1.807, 2.05) is 0 Å². The molecule has 0 radical (unpaired) electrons. The van der Waals surface area contributed by atoms with Crippen molar-refractivity contribution >= 4 is 17.3 Å². The summed E-state index contributed by atoms with van der Waals surface area (Å²) in [4.78, 5) is 44.4. The minimum absolute atomic E-state index is 0.163. The Morgan fingerprint density at radius 2 is 0.823 bits per heavy atom. The van der Waals surface area contributed by atoms with E-state index in [9.17, 15) is 55.2 Å². The van der Waals surface area contributed by atoms with E-state index in [0.29, 0.717) is 19.3 Å². The van der Waals surface area contributed by atoms with Crippen molar-refractivity contribution in [2.45, 2.75) is 267 Å². The lowest BCUT2D eigenvalue weighted by molar-refractivity contribution is -0.440. The van der Waals surface area contributed by atoms with Crippen LogP contribution in [0.1, 0.15) is 213 Å². The minimum Gasteiger partial charge on any atom is -0.394 e. The molecule has 1 unspecified atom stereocenters. The minimum atomic E-state index is -3.72. The fourth-order valence-corrected chi connectivity index (χ4v) is 9.24. The number of hydrogen-bond acceptors (Lipinski definition) is 14. The van der Waals surface area contributed by atoms with Crippen LogP contribution in [0.2, 0.25) is 0 Å². The molecule has 14 heteroatoms. The van der Waals surface area contributed by atoms with Gasteiger partial charge in [0.25, 0.3) is 5.79 Å². The van der Waals surface area contributed by atoms with Gasteiger partial charge in [-0.1, -0.05) is 175 Å². The highest BCUT2D eigenvalue weighted by Gasteiger charge is 2.81. The van der Waals surface area contributed by atoms with Gasteiger partial charge in [0.2, 0.25) is 11.4 Å². The van der Waals surface area contributed by atoms with E-state index in [1.165, 1.54) is 0 Å². The van der Waals surface area contributed by atoms with Gasteiger partial charge in [-0.2, -0.15) is 0 Å². The number of ketones is 3. The van der Waals surface area contributed by atoms with Crippen molar-refractivity contribution in [3.05, 3.63) is 0 Å². The predicted octanol–water partition coefficient (Wildman–Crippen LogP) is 6.19. The molecule has 9 atom stereocenters. The topological polar surface area (TPSA) is 241 Å². The summed E-state index contributed by atoms with van der Waals surface area (Å²) in [5.41, 5.74) is -7.22. The fourth-order valence-electron chi connectivity index (χ4n) is 9.24. The number of rotatable bonds is 38. The Morgan fingerprint density at radius 1 is 0.468 bits per heavy atom. The summed E-state index contributed by atoms with van der Waals surface area (Å²) in [5.74, 6) is -9.96. The van der Waals surface area contributed by atoms with Crippen LogP contribution in [0, 0.1) is 0 Å². The largest absolute Gasteiger partial charge is 0.394 e. The molecule has 14 nitrogen and oxygen atoms in total. The van der Waals surface area contributed by atoms with Crippen LogP contribution >= 0.6 is 0 Å². The third-order valence-corrected chi connectivity index (χ3v) is 13.2. The normalized spacial score (nSPS) is 30.0. The number of Topliss-reactive ketones (excluding diaryl/α,β-unsaturated/α-hetero) is 3. The lowest BCUT2D eigenvalue weighted by Gasteiger charge is -2.59. The van der Waals surface area contributed by atoms with Crippen LogP contribution in [0.5, 0.6) is 0 Å². The van der Waals surface area contributed by atoms with Crippen molar-refractivity contribution in [2.24, 2.45) is 0 Å². The number of ether oxygens (including phenoxy) is 3. The van der Waals surface area contributed by atoms with Crippen LogP contribution in [0.3, 0.4) is 0 Å². The Bertz CT molecular complexity index is 1250. The highest BCUT2D eigenvalue weighted by Crippen LogP contribution is 2.52. The van der Waals surface area contributed by atoms with Gasteiger partial charge in [-0.25, -0.2) is 0 Å². The van der Waals surface area contributed by atoms with Crippen LogP contribution < -0.4 is 0 Å². The third kappa shape index (κ3) is 14.8. The summed E-state index contributed by atoms with van der Waals surface area (Å²) in [5, 5.41) is 91.3. The van der Waals surface area contributed by atoms with Crippen molar-refractivity contribution < 1.29 is 69.4 Å². The maximum atomic E-state index is 15.0. The number of unbranched alkanes of at least 4 members (excludes halogenated alkanes) is 24. The maximum absolute atomic E-state index is 15.0. The van der Waals surface area contributed by atoms with Crippen LogP contribution in [-0.2, 0) is 28.6 Å². The van der Waals surface area contributed by atoms with Crippen LogP contribution in [0.25, 0.3) is 0 Å². The van der Waals surface area contributed by atoms with Gasteiger partial charge in [-0.05, 0) is 19.3 Å². The summed E-state index contributed by atoms with van der Waals surface area (Å²) >= 11 is 0. The molecular weight excluding hydrogens is 801 g/mol. The SMILES string of the molecule is CCCCCCCCCCCC(=O)[C@@]1(OC2(CO)O[C@H](CO)[C@@H](O)[C@@H]2O)O[C@H](CO)[C@@H](O)[C@@](O)(C(=O)CCCCCCCCCCC)[C@]1(O)C(=O)CCCCCCCCCCC. The van der Waals surface area contributed by atoms with Crippen LogP contribution in [0.15, 0.2) is 0 Å². The second kappa shape index (κ2) is 30.0. The van der Waals surface area contributed by atoms with Gasteiger partial charge < -0.3 is 55.1 Å². The highest BCUT2D eigenvalue weighted by atomic mass is 16.8. The standard InChI is InChI=1S/C48H88O14/c1-4-7-10-13-16-19-22-25-28-31-39(52)46(58)43(56)38(35-50)61-48(41(54)33-30-27-24-21-18-15-12-9-6-3,62-45(36-51)44(57)42(55)37(34-49)60-45)47(46,59)40(53)32-29-26-23-20-17-14-11-8-5-2/h37-38,42-44,49-51,55-59H,4-36H2,1-3H3/t37-,38-,42-,43-,44+,45?,46+,47-,48+/m1/s1. The van der Waals surface area contributed by atoms with Gasteiger partial charge in [0.05, 0.1) is 13.2 Å². The van der Waals surface area contributed by atoms with E-state index in [4.69, 9.17) is 14.2 Å². The summed E-state index contributed by atoms with van der Waals surface area (Å²) in [6, 6.07) is 0. The van der Waals surface area contributed by atoms with Crippen molar-refractivity contribution in [1.82, 2.24) is 0 Å². The molecule has 0 bridgehead atoms. The Balaban J connectivity index is 2.62. The van der Waals surface area contributed by atoms with E-state index in [0.717, 1.165) is 135 Å². The molecule has 2 aliphatic heterocycles. The van der Waals surface area contributed by atoms with E-state index >= 15 is 0 Å². The molecular formula is C48H88O14. The molecule has 62 heavy (non-hydrogen) atoms. The fraction of sp³-hybridized carbons (Fsp3) is 0.938. The molecule has 2 heterocycles. The molecule has 2 fully saturated rings. The number of aliphatic hydroxyl groups excluding tert-OH is 6. The first-order valence-corrected chi connectivity index (χ1v) is 24.8. The Hall–Kier alpha value is -1.43. The quantitative estimate of drug-likeness (QED) is 0.0323. The average Bonchev–Trinajstić information content (AvgIpc) is 3.51. The second-order valence-corrected chi connectivity index (χ2v) is 18.2. The molecule has 2 saturated heterocycles. The molecule has 0 aromatic rings. The first-order valence-electron chi connectivity index (χ1n) is 24.8. The average molecular weight is 889 g/mol. The van der Waals surface area contributed by atoms with Crippen LogP contribution in [0.4, 0.5) is 0 Å². The number of carbonyl (C=O) groups is 3. The second-order valence-electron chi connectivity index (χ2n) is 18.2. The number of aliphatic hydroxyl groups is 8. The zero-order valence-corrected chi connectivity index (χ0v) is 38.7. The molecule has 0 saturated carbocycles. The molecule has 2 aliphatic rings. The molecule has 2 rings (SSSR count). The van der Waals surface area contributed by atoms with Crippen molar-refractivity contribution in [2.75, 3.05) is 19.8 Å². The van der Waals surface area contributed by atoms with E-state index in [-0.39, 0.29) is 19.3 Å². The van der Waals surface area contributed by atoms with E-state index in [1.54, 1.807) is 0 Å². The predicted molar refractivity (Wildman–Crippen MR) is 236 cm³/mol. The molecule has 0 spiro atoms. The van der Waals surface area contributed by atoms with Gasteiger partial charge in [-0.3, -0.25) is 14.4 Å². The van der Waals surface area contributed by atoms with Crippen LogP contribution in [-0.4, -0.2) is 131 Å². The monoisotopic (exact) mass is 889 g/mol. The summed E-state index contributed by atoms with van der Waals surface area (Å²) in [6.45, 7) is 3.10. The van der Waals surface area contributed by atoms with E-state index < -0.39 is 110 Å². The first-order chi connectivity index (χ1) is 29.8. The van der Waals surface area contributed by atoms with Gasteiger partial charge in [0.1, 0.15) is 37.1 Å². The maximum Gasteiger partial charge on any atom is 0.272 e. The lowest BCUT2D eigenvalue weighted by atomic mass is 9.62. The molecule has 0 aromatic carbocycles. The Kier molecular flexibility index (Phi) is 27.4. The van der Waals surface area contributed by atoms with Crippen molar-refractivity contribution in [1.29, 1.82) is 0 Å². The van der Waals surface area contributed by atoms with Crippen molar-refractivity contribution in [3.63, 3.8) is 0 Å². The molecule has 8 N–H and O–H groups in total. The Morgan fingerprint density at radius 3 is 1.18 bits per heavy atom. The summed E-state index contributed by atoms with van der Waals surface area (Å²) < 4.78 is 17.9. The highest BCUT2D eigenvalue weighted by molar-refractivity contribution is 6.06. The van der Waals surface area contributed by atoms with Gasteiger partial charge >= 0.3 is 0 Å².